The molecule has 0 unspecified atom stereocenters. The van der Waals surface area contributed by atoms with Crippen LogP contribution < -0.4 is 9.47 Å². The van der Waals surface area contributed by atoms with Crippen molar-refractivity contribution in [1.82, 2.24) is 19.3 Å². The van der Waals surface area contributed by atoms with Gasteiger partial charge in [0.05, 0.1) is 12.8 Å². The Morgan fingerprint density at radius 2 is 1.65 bits per heavy atom. The molecule has 46 heavy (non-hydrogen) atoms. The minimum Gasteiger partial charge on any atom is -0.509 e. The molecule has 0 N–H and O–H groups in total. The van der Waals surface area contributed by atoms with Gasteiger partial charge in [-0.2, -0.15) is 16.7 Å². The van der Waals surface area contributed by atoms with Crippen LogP contribution in [0, 0.1) is 32.9 Å². The van der Waals surface area contributed by atoms with Crippen molar-refractivity contribution < 1.29 is 30.5 Å². The smallest absolute Gasteiger partial charge is 0.509 e. The summed E-state index contributed by atoms with van der Waals surface area (Å²) in [5, 5.41) is 7.04. The number of aromatic nitrogens is 4. The zero-order valence-corrected chi connectivity index (χ0v) is 28.8. The fraction of sp³-hybridized carbons (Fsp3) is 0.179. The van der Waals surface area contributed by atoms with E-state index in [9.17, 15) is 0 Å². The number of hydrogen-bond acceptors (Lipinski definition) is 4. The second-order valence-electron chi connectivity index (χ2n) is 11.4. The van der Waals surface area contributed by atoms with Crippen LogP contribution in [0.15, 0.2) is 91.1 Å². The number of ether oxygens (including phenoxy) is 2. The van der Waals surface area contributed by atoms with Gasteiger partial charge in [-0.05, 0) is 73.3 Å². The first-order chi connectivity index (χ1) is 21.9. The summed E-state index contributed by atoms with van der Waals surface area (Å²) in [7, 11) is 1.69. The quantitative estimate of drug-likeness (QED) is 0.144. The predicted molar refractivity (Wildman–Crippen MR) is 180 cm³/mol. The number of fused-ring (bicyclic) bond motifs is 3. The van der Waals surface area contributed by atoms with Crippen LogP contribution in [0.2, 0.25) is 0 Å². The number of hydrogen-bond donors (Lipinski definition) is 0. The van der Waals surface area contributed by atoms with Gasteiger partial charge in [0, 0.05) is 34.5 Å². The average molecular weight is 786 g/mol. The van der Waals surface area contributed by atoms with Gasteiger partial charge in [-0.25, -0.2) is 4.98 Å². The van der Waals surface area contributed by atoms with Crippen LogP contribution in [-0.2, 0) is 27.5 Å². The monoisotopic (exact) mass is 785 g/mol. The van der Waals surface area contributed by atoms with Gasteiger partial charge in [0.25, 0.3) is 0 Å². The first-order valence-corrected chi connectivity index (χ1v) is 15.3. The summed E-state index contributed by atoms with van der Waals surface area (Å²) in [4.78, 5) is 4.71. The van der Waals surface area contributed by atoms with E-state index in [1.165, 1.54) is 5.56 Å². The molecule has 7 rings (SSSR count). The number of methoxy groups -OCH3 is 1. The second-order valence-corrected chi connectivity index (χ2v) is 11.4. The van der Waals surface area contributed by atoms with Crippen molar-refractivity contribution in [3.05, 3.63) is 126 Å². The Kier molecular flexibility index (Phi) is 8.84. The van der Waals surface area contributed by atoms with Gasteiger partial charge in [-0.1, -0.05) is 55.6 Å². The maximum Gasteiger partial charge on any atom is 2.00 e. The molecular weight excluding hydrogens is 752 g/mol. The van der Waals surface area contributed by atoms with Gasteiger partial charge in [0.1, 0.15) is 11.6 Å². The summed E-state index contributed by atoms with van der Waals surface area (Å²) in [6, 6.07) is 35.9. The van der Waals surface area contributed by atoms with Crippen molar-refractivity contribution in [3.8, 4) is 39.9 Å². The molecule has 232 valence electrons. The number of pyridine rings is 1. The molecule has 7 heteroatoms. The van der Waals surface area contributed by atoms with Gasteiger partial charge < -0.3 is 14.0 Å². The van der Waals surface area contributed by atoms with Gasteiger partial charge in [-0.3, -0.25) is 4.68 Å². The fourth-order valence-electron chi connectivity index (χ4n) is 6.18. The molecule has 0 aliphatic rings. The third kappa shape index (κ3) is 5.74. The summed E-state index contributed by atoms with van der Waals surface area (Å²) in [5.74, 6) is 2.85. The van der Waals surface area contributed by atoms with E-state index in [-0.39, 0.29) is 21.1 Å². The van der Waals surface area contributed by atoms with Crippen molar-refractivity contribution in [2.75, 3.05) is 7.11 Å². The Balaban J connectivity index is 0.00000372. The molecule has 7 aromatic rings. The van der Waals surface area contributed by atoms with E-state index >= 15 is 0 Å². The largest absolute Gasteiger partial charge is 2.00 e. The summed E-state index contributed by atoms with van der Waals surface area (Å²) in [6.45, 7) is 8.42. The van der Waals surface area contributed by atoms with Crippen LogP contribution in [0.1, 0.15) is 35.9 Å². The minimum atomic E-state index is 0. The maximum atomic E-state index is 6.54. The standard InChI is InChI=1S/C39H34N4O2.Pt/c1-6-10-28-20-30(43-27(4)39(26(3)41-43)29-11-8-7-9-12-29)22-33(21-28)45-32-13-15-34-35-23-31(44-5)14-16-36(35)42(37(34)24-32)38-19-25(2)17-18-40-38;/h7-9,11-21,23H,6,10H2,1-5H3;/q-2;+2. The number of rotatable bonds is 8. The first-order valence-electron chi connectivity index (χ1n) is 15.3. The normalized spacial score (nSPS) is 11.2. The van der Waals surface area contributed by atoms with Crippen molar-refractivity contribution in [1.29, 1.82) is 0 Å². The molecule has 0 radical (unpaired) electrons. The van der Waals surface area contributed by atoms with Crippen molar-refractivity contribution in [2.45, 2.75) is 40.5 Å². The predicted octanol–water partition coefficient (Wildman–Crippen LogP) is 9.31. The maximum absolute atomic E-state index is 6.54. The SMILES string of the molecule is CCCc1cc(Oc2[c-]c3c(cc2)c2cc(OC)ccc2n3-c2cc(C)ccn2)[c-]c(-n2nc(C)c(-c3ccccc3)c2C)c1.[Pt+2]. The summed E-state index contributed by atoms with van der Waals surface area (Å²) in [6.07, 6.45) is 3.77. The zero-order chi connectivity index (χ0) is 31.1. The third-order valence-electron chi connectivity index (χ3n) is 8.22. The molecule has 6 nitrogen and oxygen atoms in total. The topological polar surface area (TPSA) is 54.1 Å². The van der Waals surface area contributed by atoms with E-state index < -0.39 is 0 Å². The van der Waals surface area contributed by atoms with Gasteiger partial charge >= 0.3 is 21.1 Å². The van der Waals surface area contributed by atoms with Crippen LogP contribution in [-0.4, -0.2) is 26.4 Å². The Hall–Kier alpha value is -4.67. The molecule has 0 amide bonds. The Morgan fingerprint density at radius 1 is 0.826 bits per heavy atom. The van der Waals surface area contributed by atoms with Crippen LogP contribution in [0.5, 0.6) is 17.2 Å². The van der Waals surface area contributed by atoms with Gasteiger partial charge in [-0.15, -0.1) is 35.7 Å². The molecule has 0 atom stereocenters. The molecule has 0 saturated carbocycles. The molecular formula is C39H34N4O2Pt. The molecule has 3 aromatic heterocycles. The van der Waals surface area contributed by atoms with Crippen LogP contribution >= 0.6 is 0 Å². The molecule has 0 fully saturated rings. The van der Waals surface area contributed by atoms with Crippen molar-refractivity contribution >= 4 is 21.8 Å². The summed E-state index contributed by atoms with van der Waals surface area (Å²) in [5.41, 5.74) is 9.38. The number of nitrogens with zero attached hydrogens (tertiary/aromatic N) is 4. The minimum absolute atomic E-state index is 0. The Morgan fingerprint density at radius 3 is 2.41 bits per heavy atom. The van der Waals surface area contributed by atoms with Crippen LogP contribution in [0.25, 0.3) is 44.4 Å². The molecule has 0 saturated heterocycles. The molecule has 0 bridgehead atoms. The van der Waals surface area contributed by atoms with E-state index in [1.807, 2.05) is 35.1 Å². The average Bonchev–Trinajstić information content (AvgIpc) is 3.53. The van der Waals surface area contributed by atoms with Crippen LogP contribution in [0.3, 0.4) is 0 Å². The summed E-state index contributed by atoms with van der Waals surface area (Å²) < 4.78 is 16.2. The van der Waals surface area contributed by atoms with E-state index in [2.05, 4.69) is 105 Å². The first kappa shape index (κ1) is 31.3. The van der Waals surface area contributed by atoms with E-state index in [4.69, 9.17) is 19.6 Å². The summed E-state index contributed by atoms with van der Waals surface area (Å²) >= 11 is 0. The van der Waals surface area contributed by atoms with E-state index in [1.54, 1.807) is 7.11 Å². The van der Waals surface area contributed by atoms with Crippen molar-refractivity contribution in [3.63, 3.8) is 0 Å². The second kappa shape index (κ2) is 13.0. The van der Waals surface area contributed by atoms with Gasteiger partial charge in [0.2, 0.25) is 0 Å². The van der Waals surface area contributed by atoms with E-state index in [0.717, 1.165) is 80.0 Å². The molecule has 3 heterocycles. The third-order valence-corrected chi connectivity index (χ3v) is 8.22. The fourth-order valence-corrected chi connectivity index (χ4v) is 6.18. The number of aryl methyl sites for hydroxylation is 3. The molecule has 0 spiro atoms. The zero-order valence-electron chi connectivity index (χ0n) is 26.5. The van der Waals surface area contributed by atoms with Gasteiger partial charge in [0.15, 0.2) is 0 Å². The van der Waals surface area contributed by atoms with Crippen molar-refractivity contribution in [2.24, 2.45) is 0 Å². The molecule has 0 aliphatic carbocycles. The molecule has 4 aromatic carbocycles. The van der Waals surface area contributed by atoms with E-state index in [0.29, 0.717) is 11.5 Å². The Labute approximate surface area is 283 Å². The molecule has 0 aliphatic heterocycles. The van der Waals surface area contributed by atoms with Crippen LogP contribution in [0.4, 0.5) is 0 Å². The Bertz CT molecular complexity index is 2180. The number of benzene rings is 4.